The number of aliphatic carboxylic acids is 1. The van der Waals surface area contributed by atoms with E-state index >= 15 is 0 Å². The molecule has 2 unspecified atom stereocenters. The summed E-state index contributed by atoms with van der Waals surface area (Å²) in [4.78, 5) is 37.3. The first kappa shape index (κ1) is 73.2. The van der Waals surface area contributed by atoms with Gasteiger partial charge in [-0.15, -0.1) is 0 Å². The van der Waals surface area contributed by atoms with Crippen LogP contribution in [0.3, 0.4) is 0 Å². The molecule has 0 saturated carbocycles. The number of nitrogens with zero attached hydrogens (tertiary/aromatic N) is 1. The van der Waals surface area contributed by atoms with Crippen LogP contribution < -0.4 is 0 Å². The van der Waals surface area contributed by atoms with Crippen LogP contribution in [0, 0.1) is 0 Å². The zero-order valence-corrected chi connectivity index (χ0v) is 50.7. The lowest BCUT2D eigenvalue weighted by Gasteiger charge is -2.25. The minimum Gasteiger partial charge on any atom is -0.477 e. The third-order valence-electron chi connectivity index (χ3n) is 14.3. The largest absolute Gasteiger partial charge is 0.477 e. The van der Waals surface area contributed by atoms with Crippen molar-refractivity contribution in [2.24, 2.45) is 0 Å². The van der Waals surface area contributed by atoms with Crippen LogP contribution in [0.25, 0.3) is 0 Å². The van der Waals surface area contributed by atoms with Gasteiger partial charge in [0.15, 0.2) is 6.10 Å². The Morgan fingerprint density at radius 2 is 0.737 bits per heavy atom. The maximum Gasteiger partial charge on any atom is 0.361 e. The summed E-state index contributed by atoms with van der Waals surface area (Å²) in [7, 11) is 5.97. The van der Waals surface area contributed by atoms with Gasteiger partial charge >= 0.3 is 17.9 Å². The van der Waals surface area contributed by atoms with Gasteiger partial charge < -0.3 is 28.5 Å². The van der Waals surface area contributed by atoms with Crippen molar-refractivity contribution in [3.63, 3.8) is 0 Å². The van der Waals surface area contributed by atoms with Gasteiger partial charge in [0.1, 0.15) is 13.2 Å². The highest BCUT2D eigenvalue weighted by Crippen LogP contribution is 2.18. The van der Waals surface area contributed by atoms with E-state index in [1.165, 1.54) is 199 Å². The second-order valence-electron chi connectivity index (χ2n) is 23.1. The molecule has 0 aliphatic carbocycles. The smallest absolute Gasteiger partial charge is 0.361 e. The maximum atomic E-state index is 12.9. The van der Waals surface area contributed by atoms with Crippen LogP contribution in [-0.4, -0.2) is 87.4 Å². The molecule has 0 bridgehead atoms. The summed E-state index contributed by atoms with van der Waals surface area (Å²) in [5.74, 6) is -2.01. The Labute approximate surface area is 470 Å². The predicted octanol–water partition coefficient (Wildman–Crippen LogP) is 19.4. The Hall–Kier alpha value is -2.75. The fraction of sp³-hybridized carbons (Fsp3) is 0.836. The summed E-state index contributed by atoms with van der Waals surface area (Å²) < 4.78 is 22.8. The Kier molecular flexibility index (Phi) is 56.3. The van der Waals surface area contributed by atoms with Crippen LogP contribution in [-0.2, 0) is 33.3 Å². The van der Waals surface area contributed by atoms with Gasteiger partial charge in [0.2, 0.25) is 0 Å². The number of carbonyl (C=O) groups excluding carboxylic acids is 2. The topological polar surface area (TPSA) is 108 Å². The van der Waals surface area contributed by atoms with Crippen LogP contribution >= 0.6 is 0 Å². The number of hydrogen-bond acceptors (Lipinski definition) is 7. The molecule has 9 nitrogen and oxygen atoms in total. The molecule has 0 aromatic rings. The molecule has 2 atom stereocenters. The molecule has 0 saturated heterocycles. The number of esters is 2. The number of rotatable bonds is 60. The molecule has 9 heteroatoms. The second-order valence-corrected chi connectivity index (χ2v) is 23.1. The van der Waals surface area contributed by atoms with Crippen LogP contribution in [0.5, 0.6) is 0 Å². The fourth-order valence-corrected chi connectivity index (χ4v) is 9.32. The zero-order valence-electron chi connectivity index (χ0n) is 50.7. The van der Waals surface area contributed by atoms with Crippen molar-refractivity contribution < 1.29 is 42.9 Å². The molecular formula is C67H124NO8+. The highest BCUT2D eigenvalue weighted by molar-refractivity contribution is 5.71. The molecule has 0 aromatic carbocycles. The van der Waals surface area contributed by atoms with Crippen molar-refractivity contribution in [1.82, 2.24) is 0 Å². The zero-order chi connectivity index (χ0) is 55.5. The lowest BCUT2D eigenvalue weighted by molar-refractivity contribution is -0.870. The van der Waals surface area contributed by atoms with E-state index in [2.05, 4.69) is 62.5 Å². The Balaban J connectivity index is 3.85. The van der Waals surface area contributed by atoms with E-state index in [1.807, 2.05) is 21.1 Å². The number of unbranched alkanes of at least 4 members (excludes halogenated alkanes) is 37. The Bertz CT molecular complexity index is 1380. The minimum absolute atomic E-state index is 0.183. The monoisotopic (exact) mass is 1070 g/mol. The summed E-state index contributed by atoms with van der Waals surface area (Å²) in [5, 5.41) is 9.68. The third-order valence-corrected chi connectivity index (χ3v) is 14.3. The number of carboxylic acids is 1. The van der Waals surface area contributed by atoms with E-state index in [0.717, 1.165) is 77.0 Å². The average molecular weight is 1070 g/mol. The molecule has 1 N–H and O–H groups in total. The maximum absolute atomic E-state index is 12.9. The fourth-order valence-electron chi connectivity index (χ4n) is 9.32. The third kappa shape index (κ3) is 58.9. The average Bonchev–Trinajstić information content (AvgIpc) is 3.39. The minimum atomic E-state index is -1.51. The van der Waals surface area contributed by atoms with Crippen molar-refractivity contribution in [3.05, 3.63) is 48.6 Å². The van der Waals surface area contributed by atoms with E-state index in [4.69, 9.17) is 18.9 Å². The Morgan fingerprint density at radius 3 is 1.12 bits per heavy atom. The van der Waals surface area contributed by atoms with Crippen molar-refractivity contribution in [1.29, 1.82) is 0 Å². The Morgan fingerprint density at radius 1 is 0.395 bits per heavy atom. The van der Waals surface area contributed by atoms with E-state index < -0.39 is 24.3 Å². The lowest BCUT2D eigenvalue weighted by Crippen LogP contribution is -2.40. The van der Waals surface area contributed by atoms with Crippen molar-refractivity contribution >= 4 is 17.9 Å². The summed E-state index contributed by atoms with van der Waals surface area (Å²) in [5.41, 5.74) is 0. The van der Waals surface area contributed by atoms with Crippen molar-refractivity contribution in [3.8, 4) is 0 Å². The van der Waals surface area contributed by atoms with E-state index in [0.29, 0.717) is 17.4 Å². The first-order valence-corrected chi connectivity index (χ1v) is 32.3. The number of quaternary nitrogens is 1. The molecule has 0 spiro atoms. The highest BCUT2D eigenvalue weighted by atomic mass is 16.7. The van der Waals surface area contributed by atoms with Crippen molar-refractivity contribution in [2.45, 2.75) is 315 Å². The molecule has 0 aliphatic rings. The van der Waals surface area contributed by atoms with Crippen LogP contribution in [0.2, 0.25) is 0 Å². The van der Waals surface area contributed by atoms with Gasteiger partial charge in [-0.2, -0.15) is 0 Å². The molecule has 0 fully saturated rings. The van der Waals surface area contributed by atoms with E-state index in [1.54, 1.807) is 0 Å². The second kappa shape index (κ2) is 58.4. The number of ether oxygens (including phenoxy) is 4. The summed E-state index contributed by atoms with van der Waals surface area (Å²) in [6.07, 6.45) is 71.1. The van der Waals surface area contributed by atoms with Gasteiger partial charge in [0, 0.05) is 12.8 Å². The molecule has 76 heavy (non-hydrogen) atoms. The molecule has 0 aliphatic heterocycles. The number of likely N-dealkylation sites (N-methyl/N-ethyl adjacent to an activating group) is 1. The van der Waals surface area contributed by atoms with Gasteiger partial charge in [-0.1, -0.05) is 268 Å². The molecule has 0 radical (unpaired) electrons. The molecular weight excluding hydrogens is 947 g/mol. The highest BCUT2D eigenvalue weighted by Gasteiger charge is 2.25. The van der Waals surface area contributed by atoms with Gasteiger partial charge in [-0.05, 0) is 70.6 Å². The van der Waals surface area contributed by atoms with Crippen LogP contribution in [0.15, 0.2) is 48.6 Å². The van der Waals surface area contributed by atoms with Gasteiger partial charge in [0.05, 0.1) is 34.4 Å². The molecule has 0 heterocycles. The summed E-state index contributed by atoms with van der Waals surface area (Å²) >= 11 is 0. The molecule has 444 valence electrons. The normalized spacial score (nSPS) is 13.0. The first-order valence-electron chi connectivity index (χ1n) is 32.3. The quantitative estimate of drug-likeness (QED) is 0.0211. The van der Waals surface area contributed by atoms with Crippen LogP contribution in [0.1, 0.15) is 303 Å². The van der Waals surface area contributed by atoms with Gasteiger partial charge in [-0.25, -0.2) is 4.79 Å². The molecule has 0 aromatic heterocycles. The summed E-state index contributed by atoms with van der Waals surface area (Å²) in [6.45, 7) is 4.81. The van der Waals surface area contributed by atoms with Crippen LogP contribution in [0.4, 0.5) is 0 Å². The number of carboxylic acid groups (broad SMARTS) is 1. The van der Waals surface area contributed by atoms with Gasteiger partial charge in [0.25, 0.3) is 6.29 Å². The lowest BCUT2D eigenvalue weighted by atomic mass is 10.0. The molecule has 0 rings (SSSR count). The van der Waals surface area contributed by atoms with Crippen molar-refractivity contribution in [2.75, 3.05) is 47.5 Å². The van der Waals surface area contributed by atoms with Gasteiger partial charge in [-0.3, -0.25) is 9.59 Å². The number of carbonyl (C=O) groups is 3. The summed E-state index contributed by atoms with van der Waals surface area (Å²) in [6, 6.07) is 0. The predicted molar refractivity (Wildman–Crippen MR) is 323 cm³/mol. The first-order chi connectivity index (χ1) is 37.1. The standard InChI is InChI=1S/C67H123NO8/c1-6-8-10-12-14-16-18-19-20-21-22-23-24-25-26-27-28-29-30-31-32-33-34-35-36-37-38-39-40-41-42-43-44-45-46-47-48-50-52-54-56-58-65(70)76-63(62-75-67(66(71)72)73-60-59-68(3,4)5)61-74-64(69)57-55-53-51-49-17-15-13-11-9-7-2/h11,13,18-19,21-22,24-25,63,67H,6-10,12,14-17,20,23,26-62H2,1-5H3/p+1/b13-11-,19-18-,22-21-,25-24-. The molecule has 0 amide bonds. The number of allylic oxidation sites excluding steroid dienone is 8. The van der Waals surface area contributed by atoms with E-state index in [9.17, 15) is 19.5 Å². The SMILES string of the molecule is CCC/C=C\CCCCCCCC(=O)OCC(COC(OCC[N+](C)(C)C)C(=O)O)OC(=O)CCCCCCCCCCCCCCCCCCCCCCCCCCCC/C=C\C/C=C\C/C=C\CCCCCCC. The number of hydrogen-bond donors (Lipinski definition) is 1. The van der Waals surface area contributed by atoms with E-state index in [-0.39, 0.29) is 32.2 Å².